The third kappa shape index (κ3) is 6.19. The molecule has 4 aromatic carbocycles. The molecule has 0 aromatic heterocycles. The highest BCUT2D eigenvalue weighted by atomic mass is 16.5. The smallest absolute Gasteiger partial charge is 0.407 e. The lowest BCUT2D eigenvalue weighted by atomic mass is 9.98. The molecular weight excluding hydrogens is 518 g/mol. The summed E-state index contributed by atoms with van der Waals surface area (Å²) in [5, 5.41) is 12.4. The second kappa shape index (κ2) is 12.2. The number of hydrogen-bond acceptors (Lipinski definition) is 5. The Hall–Kier alpha value is -4.78. The number of carbonyl (C=O) groups is 2. The Morgan fingerprint density at radius 3 is 2.22 bits per heavy atom. The van der Waals surface area contributed by atoms with Gasteiger partial charge in [-0.2, -0.15) is 0 Å². The number of amides is 1. The first-order valence-electron chi connectivity index (χ1n) is 13.5. The summed E-state index contributed by atoms with van der Waals surface area (Å²) in [7, 11) is 1.58. The van der Waals surface area contributed by atoms with Crippen molar-refractivity contribution in [1.82, 2.24) is 5.32 Å². The highest BCUT2D eigenvalue weighted by Gasteiger charge is 2.30. The molecule has 4 aromatic rings. The zero-order valence-electron chi connectivity index (χ0n) is 23.3. The van der Waals surface area contributed by atoms with Crippen LogP contribution in [-0.2, 0) is 22.6 Å². The molecule has 0 bridgehead atoms. The van der Waals surface area contributed by atoms with Gasteiger partial charge in [-0.25, -0.2) is 9.59 Å². The summed E-state index contributed by atoms with van der Waals surface area (Å²) in [6.07, 6.45) is -0.703. The molecule has 2 N–H and O–H groups in total. The highest BCUT2D eigenvalue weighted by molar-refractivity contribution is 5.81. The van der Waals surface area contributed by atoms with Crippen molar-refractivity contribution in [3.05, 3.63) is 118 Å². The summed E-state index contributed by atoms with van der Waals surface area (Å²) in [5.41, 5.74) is 8.02. The summed E-state index contributed by atoms with van der Waals surface area (Å²) >= 11 is 0. The number of hydrogen-bond donors (Lipinski definition) is 2. The van der Waals surface area contributed by atoms with Crippen molar-refractivity contribution in [3.63, 3.8) is 0 Å². The molecule has 7 heteroatoms. The Labute approximate surface area is 239 Å². The fraction of sp³-hybridized carbons (Fsp3) is 0.235. The van der Waals surface area contributed by atoms with E-state index in [1.165, 1.54) is 0 Å². The number of carbonyl (C=O) groups excluding carboxylic acids is 1. The fourth-order valence-corrected chi connectivity index (χ4v) is 5.31. The van der Waals surface area contributed by atoms with Gasteiger partial charge in [-0.3, -0.25) is 0 Å². The zero-order chi connectivity index (χ0) is 28.9. The molecule has 0 saturated heterocycles. The number of alkyl carbamates (subject to hydrolysis) is 1. The molecular formula is C34H33NO6. The molecule has 41 heavy (non-hydrogen) atoms. The van der Waals surface area contributed by atoms with Gasteiger partial charge in [0.05, 0.1) is 7.11 Å². The van der Waals surface area contributed by atoms with Crippen molar-refractivity contribution >= 4 is 12.1 Å². The number of aliphatic carboxylic acids is 1. The van der Waals surface area contributed by atoms with Crippen LogP contribution in [0.1, 0.15) is 39.3 Å². The summed E-state index contributed by atoms with van der Waals surface area (Å²) in [6.45, 7) is 4.34. The Morgan fingerprint density at radius 2 is 1.56 bits per heavy atom. The van der Waals surface area contributed by atoms with Gasteiger partial charge in [-0.05, 0) is 71.0 Å². The van der Waals surface area contributed by atoms with Gasteiger partial charge in [-0.1, -0.05) is 66.7 Å². The monoisotopic (exact) mass is 551 g/mol. The molecule has 0 fully saturated rings. The number of carboxylic acids is 1. The average molecular weight is 552 g/mol. The number of methoxy groups -OCH3 is 1. The molecule has 5 rings (SSSR count). The van der Waals surface area contributed by atoms with Crippen LogP contribution in [0.5, 0.6) is 11.5 Å². The molecule has 0 spiro atoms. The van der Waals surface area contributed by atoms with Gasteiger partial charge in [0.15, 0.2) is 0 Å². The number of nitrogens with one attached hydrogen (secondary N) is 1. The van der Waals surface area contributed by atoms with Crippen molar-refractivity contribution in [2.75, 3.05) is 13.7 Å². The molecule has 210 valence electrons. The minimum absolute atomic E-state index is 0.0694. The van der Waals surface area contributed by atoms with Crippen LogP contribution in [0.2, 0.25) is 0 Å². The van der Waals surface area contributed by atoms with E-state index in [0.29, 0.717) is 5.75 Å². The normalized spacial score (nSPS) is 12.7. The molecule has 1 atom stereocenters. The van der Waals surface area contributed by atoms with E-state index >= 15 is 0 Å². The number of fused-ring (bicyclic) bond motifs is 3. The van der Waals surface area contributed by atoms with E-state index in [1.807, 2.05) is 74.5 Å². The molecule has 1 amide bonds. The van der Waals surface area contributed by atoms with Crippen molar-refractivity contribution in [2.24, 2.45) is 0 Å². The molecule has 0 radical (unpaired) electrons. The topological polar surface area (TPSA) is 94.1 Å². The lowest BCUT2D eigenvalue weighted by Gasteiger charge is -2.18. The van der Waals surface area contributed by atoms with Gasteiger partial charge in [0.25, 0.3) is 0 Å². The van der Waals surface area contributed by atoms with Gasteiger partial charge in [0.2, 0.25) is 0 Å². The van der Waals surface area contributed by atoms with Gasteiger partial charge in [0, 0.05) is 17.9 Å². The first-order valence-corrected chi connectivity index (χ1v) is 13.5. The van der Waals surface area contributed by atoms with Crippen molar-refractivity contribution < 1.29 is 28.9 Å². The first-order chi connectivity index (χ1) is 19.8. The van der Waals surface area contributed by atoms with Crippen LogP contribution < -0.4 is 14.8 Å². The number of carboxylic acid groups (broad SMARTS) is 1. The predicted octanol–water partition coefficient (Wildman–Crippen LogP) is 6.43. The van der Waals surface area contributed by atoms with Crippen LogP contribution in [0.3, 0.4) is 0 Å². The van der Waals surface area contributed by atoms with E-state index in [0.717, 1.165) is 50.3 Å². The Bertz CT molecular complexity index is 1530. The average Bonchev–Trinajstić information content (AvgIpc) is 3.30. The quantitative estimate of drug-likeness (QED) is 0.236. The number of ether oxygens (including phenoxy) is 3. The van der Waals surface area contributed by atoms with Gasteiger partial charge >= 0.3 is 12.1 Å². The molecule has 0 heterocycles. The lowest BCUT2D eigenvalue weighted by Crippen LogP contribution is -2.42. The van der Waals surface area contributed by atoms with Crippen LogP contribution in [0.15, 0.2) is 84.9 Å². The maximum absolute atomic E-state index is 12.8. The summed E-state index contributed by atoms with van der Waals surface area (Å²) < 4.78 is 17.1. The minimum Gasteiger partial charge on any atom is -0.496 e. The standard InChI is InChI=1S/C34H33NO6/c1-21-12-13-22(2)32(16-21)40-19-24-17-23(14-15-31(24)39-3)18-30(33(36)37)35-34(38)41-20-29-27-10-6-4-8-25(27)26-9-5-7-11-28(26)29/h4-17,29-30H,18-20H2,1-3H3,(H,35,38)(H,36,37). The maximum Gasteiger partial charge on any atom is 0.407 e. The second-order valence-electron chi connectivity index (χ2n) is 10.3. The molecule has 1 unspecified atom stereocenters. The van der Waals surface area contributed by atoms with E-state index in [9.17, 15) is 14.7 Å². The fourth-order valence-electron chi connectivity index (χ4n) is 5.31. The molecule has 1 aliphatic carbocycles. The van der Waals surface area contributed by atoms with Crippen LogP contribution in [0.4, 0.5) is 4.79 Å². The number of aryl methyl sites for hydroxylation is 2. The van der Waals surface area contributed by atoms with E-state index in [2.05, 4.69) is 17.4 Å². The van der Waals surface area contributed by atoms with E-state index in [4.69, 9.17) is 14.2 Å². The summed E-state index contributed by atoms with van der Waals surface area (Å²) in [6, 6.07) is 26.4. The van der Waals surface area contributed by atoms with Crippen molar-refractivity contribution in [1.29, 1.82) is 0 Å². The van der Waals surface area contributed by atoms with Crippen LogP contribution in [0, 0.1) is 13.8 Å². The first kappa shape index (κ1) is 27.8. The number of benzene rings is 4. The van der Waals surface area contributed by atoms with Crippen LogP contribution in [-0.4, -0.2) is 36.9 Å². The number of rotatable bonds is 10. The Balaban J connectivity index is 1.24. The van der Waals surface area contributed by atoms with E-state index in [-0.39, 0.29) is 25.6 Å². The summed E-state index contributed by atoms with van der Waals surface area (Å²) in [5.74, 6) is 0.147. The highest BCUT2D eigenvalue weighted by Crippen LogP contribution is 2.44. The molecule has 0 aliphatic heterocycles. The lowest BCUT2D eigenvalue weighted by molar-refractivity contribution is -0.139. The Morgan fingerprint density at radius 1 is 0.878 bits per heavy atom. The predicted molar refractivity (Wildman–Crippen MR) is 157 cm³/mol. The van der Waals surface area contributed by atoms with Crippen LogP contribution >= 0.6 is 0 Å². The van der Waals surface area contributed by atoms with Gasteiger partial charge in [-0.15, -0.1) is 0 Å². The minimum atomic E-state index is -1.17. The largest absolute Gasteiger partial charge is 0.496 e. The van der Waals surface area contributed by atoms with Crippen LogP contribution in [0.25, 0.3) is 11.1 Å². The molecule has 0 saturated carbocycles. The summed E-state index contributed by atoms with van der Waals surface area (Å²) in [4.78, 5) is 24.9. The van der Waals surface area contributed by atoms with Gasteiger partial charge < -0.3 is 24.6 Å². The van der Waals surface area contributed by atoms with Gasteiger partial charge in [0.1, 0.15) is 30.8 Å². The van der Waals surface area contributed by atoms with E-state index < -0.39 is 18.1 Å². The second-order valence-corrected chi connectivity index (χ2v) is 10.3. The third-order valence-corrected chi connectivity index (χ3v) is 7.45. The van der Waals surface area contributed by atoms with Crippen molar-refractivity contribution in [2.45, 2.75) is 38.8 Å². The van der Waals surface area contributed by atoms with E-state index in [1.54, 1.807) is 19.2 Å². The SMILES string of the molecule is COc1ccc(CC(NC(=O)OCC2c3ccccc3-c3ccccc32)C(=O)O)cc1COc1cc(C)ccc1C. The van der Waals surface area contributed by atoms with Crippen molar-refractivity contribution in [3.8, 4) is 22.6 Å². The molecule has 1 aliphatic rings. The maximum atomic E-state index is 12.8. The molecule has 7 nitrogen and oxygen atoms in total. The zero-order valence-corrected chi connectivity index (χ0v) is 23.3. The Kier molecular flexibility index (Phi) is 8.24. The third-order valence-electron chi connectivity index (χ3n) is 7.45.